The maximum absolute atomic E-state index is 2.54. The minimum Gasteiger partial charge on any atom is -0.0642 e. The fourth-order valence-electron chi connectivity index (χ4n) is 5.48. The van der Waals surface area contributed by atoms with Crippen molar-refractivity contribution in [1.82, 2.24) is 0 Å². The summed E-state index contributed by atoms with van der Waals surface area (Å²) in [5.74, 6) is 0. The molecule has 0 radical (unpaired) electrons. The molecule has 0 heterocycles. The van der Waals surface area contributed by atoms with Crippen LogP contribution in [0.3, 0.4) is 0 Å². The van der Waals surface area contributed by atoms with E-state index in [-0.39, 0.29) is 16.3 Å². The largest absolute Gasteiger partial charge is 0.166 e. The third-order valence-electron chi connectivity index (χ3n) is 7.44. The van der Waals surface area contributed by atoms with Gasteiger partial charge in [0.15, 0.2) is 14.7 Å². The van der Waals surface area contributed by atoms with E-state index in [0.717, 1.165) is 12.8 Å². The summed E-state index contributed by atoms with van der Waals surface area (Å²) in [7, 11) is -0.130. The Morgan fingerprint density at radius 3 is 1.45 bits per heavy atom. The molecule has 1 aliphatic rings. The van der Waals surface area contributed by atoms with Crippen molar-refractivity contribution < 1.29 is 0 Å². The van der Waals surface area contributed by atoms with E-state index in [1.165, 1.54) is 53.6 Å². The number of aryl methyl sites for hydroxylation is 3. The molecule has 166 valence electrons. The predicted molar refractivity (Wildman–Crippen MR) is 142 cm³/mol. The van der Waals surface area contributed by atoms with Crippen molar-refractivity contribution >= 4 is 10.9 Å². The lowest BCUT2D eigenvalue weighted by Gasteiger charge is -2.30. The van der Waals surface area contributed by atoms with Gasteiger partial charge in [-0.25, -0.2) is 0 Å². The highest BCUT2D eigenvalue weighted by atomic mass is 32.2. The lowest BCUT2D eigenvalue weighted by atomic mass is 9.73. The van der Waals surface area contributed by atoms with Gasteiger partial charge in [-0.15, -0.1) is 0 Å². The second kappa shape index (κ2) is 8.54. The first-order chi connectivity index (χ1) is 16.0. The molecule has 33 heavy (non-hydrogen) atoms. The van der Waals surface area contributed by atoms with Gasteiger partial charge in [0.2, 0.25) is 0 Å². The SMILES string of the molecule is CCC1(CC)c2cc(C)ccc2-c2ccc([S+](c3ccc(C)cc3)c3ccc(C)cc3)cc21. The molecule has 0 aliphatic heterocycles. The van der Waals surface area contributed by atoms with Crippen molar-refractivity contribution in [3.05, 3.63) is 113 Å². The Morgan fingerprint density at radius 1 is 0.515 bits per heavy atom. The molecule has 4 aromatic carbocycles. The highest BCUT2D eigenvalue weighted by molar-refractivity contribution is 7.97. The highest BCUT2D eigenvalue weighted by Gasteiger charge is 2.42. The molecule has 0 aromatic heterocycles. The molecule has 0 atom stereocenters. The Morgan fingerprint density at radius 2 is 0.939 bits per heavy atom. The van der Waals surface area contributed by atoms with Crippen LogP contribution >= 0.6 is 0 Å². The summed E-state index contributed by atoms with van der Waals surface area (Å²) in [5, 5.41) is 0. The molecule has 0 amide bonds. The van der Waals surface area contributed by atoms with Gasteiger partial charge in [-0.1, -0.05) is 73.0 Å². The number of rotatable bonds is 5. The van der Waals surface area contributed by atoms with Gasteiger partial charge in [-0.05, 0) is 98.3 Å². The first-order valence-corrected chi connectivity index (χ1v) is 13.3. The van der Waals surface area contributed by atoms with Crippen LogP contribution in [0.25, 0.3) is 11.1 Å². The van der Waals surface area contributed by atoms with Gasteiger partial charge < -0.3 is 0 Å². The Kier molecular flexibility index (Phi) is 5.70. The van der Waals surface area contributed by atoms with Crippen LogP contribution in [0, 0.1) is 20.8 Å². The summed E-state index contributed by atoms with van der Waals surface area (Å²) in [6, 6.07) is 32.6. The molecule has 0 saturated heterocycles. The molecule has 0 spiro atoms. The molecule has 0 fully saturated rings. The Hall–Kier alpha value is -2.77. The minimum absolute atomic E-state index is 0.0995. The maximum Gasteiger partial charge on any atom is 0.166 e. The number of fused-ring (bicyclic) bond motifs is 3. The first-order valence-electron chi connectivity index (χ1n) is 12.1. The molecule has 4 aromatic rings. The van der Waals surface area contributed by atoms with Crippen LogP contribution in [0.4, 0.5) is 0 Å². The second-order valence-electron chi connectivity index (χ2n) is 9.48. The summed E-state index contributed by atoms with van der Waals surface area (Å²) >= 11 is 0. The standard InChI is InChI=1S/C32H33S/c1-6-32(7-2)30-20-24(5)12-18-28(30)29-19-17-27(21-31(29)32)33(25-13-8-22(3)9-14-25)26-15-10-23(4)11-16-26/h8-21H,6-7H2,1-5H3/q+1. The molecule has 0 saturated carbocycles. The van der Waals surface area contributed by atoms with E-state index in [1.54, 1.807) is 0 Å². The first kappa shape index (κ1) is 22.0. The van der Waals surface area contributed by atoms with Crippen LogP contribution in [-0.4, -0.2) is 0 Å². The van der Waals surface area contributed by atoms with E-state index in [4.69, 9.17) is 0 Å². The molecule has 0 nitrogen and oxygen atoms in total. The average molecular weight is 450 g/mol. The number of hydrogen-bond donors (Lipinski definition) is 0. The van der Waals surface area contributed by atoms with Crippen LogP contribution in [0.1, 0.15) is 54.5 Å². The summed E-state index contributed by atoms with van der Waals surface area (Å²) in [6.45, 7) is 11.3. The second-order valence-corrected chi connectivity index (χ2v) is 11.5. The molecule has 0 N–H and O–H groups in total. The predicted octanol–water partition coefficient (Wildman–Crippen LogP) is 8.79. The van der Waals surface area contributed by atoms with E-state index < -0.39 is 0 Å². The minimum atomic E-state index is -0.130. The zero-order valence-electron chi connectivity index (χ0n) is 20.4. The van der Waals surface area contributed by atoms with E-state index in [2.05, 4.69) is 120 Å². The summed E-state index contributed by atoms with van der Waals surface area (Å²) in [4.78, 5) is 4.18. The molecule has 1 aliphatic carbocycles. The van der Waals surface area contributed by atoms with Crippen LogP contribution < -0.4 is 0 Å². The normalized spacial score (nSPS) is 13.8. The van der Waals surface area contributed by atoms with Gasteiger partial charge in [-0.2, -0.15) is 0 Å². The van der Waals surface area contributed by atoms with Gasteiger partial charge in [0.25, 0.3) is 0 Å². The lowest BCUT2D eigenvalue weighted by Crippen LogP contribution is -2.23. The van der Waals surface area contributed by atoms with Gasteiger partial charge in [0.1, 0.15) is 0 Å². The van der Waals surface area contributed by atoms with Crippen molar-refractivity contribution in [2.75, 3.05) is 0 Å². The van der Waals surface area contributed by atoms with Gasteiger partial charge in [-0.3, -0.25) is 0 Å². The third-order valence-corrected chi connectivity index (χ3v) is 9.66. The van der Waals surface area contributed by atoms with Crippen molar-refractivity contribution in [3.8, 4) is 11.1 Å². The van der Waals surface area contributed by atoms with Gasteiger partial charge >= 0.3 is 0 Å². The monoisotopic (exact) mass is 449 g/mol. The highest BCUT2D eigenvalue weighted by Crippen LogP contribution is 2.53. The zero-order valence-corrected chi connectivity index (χ0v) is 21.2. The molecule has 0 bridgehead atoms. The maximum atomic E-state index is 2.54. The Balaban J connectivity index is 1.72. The third kappa shape index (κ3) is 3.63. The van der Waals surface area contributed by atoms with Crippen LogP contribution in [-0.2, 0) is 16.3 Å². The van der Waals surface area contributed by atoms with Crippen LogP contribution in [0.15, 0.2) is 99.6 Å². The number of benzene rings is 4. The van der Waals surface area contributed by atoms with Crippen molar-refractivity contribution in [2.45, 2.75) is 67.6 Å². The zero-order chi connectivity index (χ0) is 23.2. The molecule has 5 rings (SSSR count). The van der Waals surface area contributed by atoms with Crippen molar-refractivity contribution in [2.24, 2.45) is 0 Å². The van der Waals surface area contributed by atoms with E-state index in [1.807, 2.05) is 0 Å². The van der Waals surface area contributed by atoms with Crippen molar-refractivity contribution in [3.63, 3.8) is 0 Å². The summed E-state index contributed by atoms with van der Waals surface area (Å²) in [5.41, 5.74) is 9.95. The molecule has 1 heteroatoms. The smallest absolute Gasteiger partial charge is 0.0642 e. The summed E-state index contributed by atoms with van der Waals surface area (Å²) in [6.07, 6.45) is 2.25. The van der Waals surface area contributed by atoms with Crippen LogP contribution in [0.5, 0.6) is 0 Å². The van der Waals surface area contributed by atoms with Gasteiger partial charge in [0, 0.05) is 5.41 Å². The Labute approximate surface area is 202 Å². The number of hydrogen-bond acceptors (Lipinski definition) is 0. The summed E-state index contributed by atoms with van der Waals surface area (Å²) < 4.78 is 0. The van der Waals surface area contributed by atoms with Gasteiger partial charge in [0.05, 0.1) is 10.9 Å². The molecular formula is C32H33S+. The topological polar surface area (TPSA) is 0 Å². The molecule has 0 unspecified atom stereocenters. The quantitative estimate of drug-likeness (QED) is 0.267. The fourth-order valence-corrected chi connectivity index (χ4v) is 7.56. The average Bonchev–Trinajstić information content (AvgIpc) is 3.10. The van der Waals surface area contributed by atoms with Crippen LogP contribution in [0.2, 0.25) is 0 Å². The lowest BCUT2D eigenvalue weighted by molar-refractivity contribution is 0.489. The Bertz CT molecular complexity index is 1250. The fraction of sp³-hybridized carbons (Fsp3) is 0.250. The van der Waals surface area contributed by atoms with E-state index in [9.17, 15) is 0 Å². The van der Waals surface area contributed by atoms with E-state index >= 15 is 0 Å². The molecular weight excluding hydrogens is 416 g/mol. The van der Waals surface area contributed by atoms with E-state index in [0.29, 0.717) is 0 Å². The van der Waals surface area contributed by atoms with Crippen molar-refractivity contribution in [1.29, 1.82) is 0 Å².